The molecule has 2 rings (SSSR count). The van der Waals surface area contributed by atoms with Crippen molar-refractivity contribution >= 4 is 17.3 Å². The maximum absolute atomic E-state index is 12.2. The Bertz CT molecular complexity index is 566. The number of hydrogen-bond donors (Lipinski definition) is 2. The summed E-state index contributed by atoms with van der Waals surface area (Å²) >= 11 is 0. The smallest absolute Gasteiger partial charge is 0.274 e. The number of nitrogens with zero attached hydrogens (tertiary/aromatic N) is 1. The van der Waals surface area contributed by atoms with Crippen LogP contribution in [-0.4, -0.2) is 17.9 Å². The maximum atomic E-state index is 12.2. The van der Waals surface area contributed by atoms with E-state index in [-0.39, 0.29) is 5.91 Å². The summed E-state index contributed by atoms with van der Waals surface area (Å²) in [5, 5.41) is 0. The predicted molar refractivity (Wildman–Crippen MR) is 73.9 cm³/mol. The number of hydrogen-bond acceptors (Lipinski definition) is 2. The molecule has 0 atom stereocenters. The van der Waals surface area contributed by atoms with Gasteiger partial charge in [0.15, 0.2) is 0 Å². The maximum Gasteiger partial charge on any atom is 0.274 e. The zero-order valence-corrected chi connectivity index (χ0v) is 10.8. The Hall–Kier alpha value is -2.23. The summed E-state index contributed by atoms with van der Waals surface area (Å²) in [6.07, 6.45) is 1.61. The van der Waals surface area contributed by atoms with Crippen LogP contribution < -0.4 is 10.6 Å². The van der Waals surface area contributed by atoms with Crippen LogP contribution in [0.1, 0.15) is 21.6 Å². The van der Waals surface area contributed by atoms with Gasteiger partial charge in [0, 0.05) is 24.6 Å². The lowest BCUT2D eigenvalue weighted by molar-refractivity contribution is 0.0989. The highest BCUT2D eigenvalue weighted by Crippen LogP contribution is 2.19. The van der Waals surface area contributed by atoms with E-state index in [4.69, 9.17) is 5.73 Å². The van der Waals surface area contributed by atoms with E-state index in [1.165, 1.54) is 0 Å². The minimum Gasteiger partial charge on any atom is -0.397 e. The highest BCUT2D eigenvalue weighted by molar-refractivity contribution is 6.05. The topological polar surface area (TPSA) is 62.1 Å². The highest BCUT2D eigenvalue weighted by atomic mass is 16.2. The van der Waals surface area contributed by atoms with E-state index < -0.39 is 0 Å². The lowest BCUT2D eigenvalue weighted by Gasteiger charge is -2.17. The molecule has 0 aliphatic rings. The van der Waals surface area contributed by atoms with Crippen molar-refractivity contribution in [2.75, 3.05) is 17.7 Å². The average Bonchev–Trinajstić information content (AvgIpc) is 2.72. The molecule has 0 radical (unpaired) electrons. The lowest BCUT2D eigenvalue weighted by atomic mass is 10.1. The number of rotatable bonds is 2. The molecule has 2 aromatic rings. The summed E-state index contributed by atoms with van der Waals surface area (Å²) in [5.41, 5.74) is 9.81. The molecule has 1 aromatic carbocycles. The van der Waals surface area contributed by atoms with Gasteiger partial charge in [-0.3, -0.25) is 4.79 Å². The van der Waals surface area contributed by atoms with Gasteiger partial charge in [0.1, 0.15) is 5.69 Å². The monoisotopic (exact) mass is 243 g/mol. The number of aromatic amines is 1. The van der Waals surface area contributed by atoms with E-state index in [1.54, 1.807) is 24.2 Å². The van der Waals surface area contributed by atoms with Crippen molar-refractivity contribution in [3.05, 3.63) is 47.3 Å². The fraction of sp³-hybridized carbons (Fsp3) is 0.214. The molecule has 0 aliphatic carbocycles. The van der Waals surface area contributed by atoms with Gasteiger partial charge in [-0.15, -0.1) is 0 Å². The van der Waals surface area contributed by atoms with Crippen molar-refractivity contribution in [3.63, 3.8) is 0 Å². The van der Waals surface area contributed by atoms with Crippen molar-refractivity contribution in [1.82, 2.24) is 4.98 Å². The molecule has 1 heterocycles. The van der Waals surface area contributed by atoms with Crippen molar-refractivity contribution in [1.29, 1.82) is 0 Å². The van der Waals surface area contributed by atoms with Crippen molar-refractivity contribution in [2.24, 2.45) is 0 Å². The molecule has 18 heavy (non-hydrogen) atoms. The molecule has 0 unspecified atom stereocenters. The van der Waals surface area contributed by atoms with E-state index in [9.17, 15) is 4.79 Å². The van der Waals surface area contributed by atoms with Gasteiger partial charge in [0.25, 0.3) is 5.91 Å². The number of aromatic nitrogens is 1. The standard InChI is InChI=1S/C14H17N3O/c1-9-4-10(2)6-12(5-9)17(3)14(18)13-7-11(15)8-16-13/h4-8,16H,15H2,1-3H3. The number of aryl methyl sites for hydroxylation is 2. The first-order chi connectivity index (χ1) is 8.47. The van der Waals surface area contributed by atoms with Gasteiger partial charge in [-0.1, -0.05) is 6.07 Å². The van der Waals surface area contributed by atoms with E-state index >= 15 is 0 Å². The van der Waals surface area contributed by atoms with Gasteiger partial charge < -0.3 is 15.6 Å². The third kappa shape index (κ3) is 2.37. The first kappa shape index (κ1) is 12.2. The summed E-state index contributed by atoms with van der Waals surface area (Å²) in [7, 11) is 1.76. The zero-order valence-electron chi connectivity index (χ0n) is 10.8. The van der Waals surface area contributed by atoms with Crippen LogP contribution >= 0.6 is 0 Å². The van der Waals surface area contributed by atoms with Crippen LogP contribution in [0, 0.1) is 13.8 Å². The van der Waals surface area contributed by atoms with Crippen LogP contribution in [0.4, 0.5) is 11.4 Å². The largest absolute Gasteiger partial charge is 0.397 e. The molecule has 94 valence electrons. The lowest BCUT2D eigenvalue weighted by Crippen LogP contribution is -2.26. The minimum absolute atomic E-state index is 0.100. The Morgan fingerprint density at radius 1 is 1.17 bits per heavy atom. The van der Waals surface area contributed by atoms with E-state index in [0.717, 1.165) is 16.8 Å². The van der Waals surface area contributed by atoms with Crippen molar-refractivity contribution < 1.29 is 4.79 Å². The molecule has 4 nitrogen and oxygen atoms in total. The van der Waals surface area contributed by atoms with Crippen molar-refractivity contribution in [2.45, 2.75) is 13.8 Å². The summed E-state index contributed by atoms with van der Waals surface area (Å²) in [5.74, 6) is -0.100. The second-order valence-electron chi connectivity index (χ2n) is 4.56. The third-order valence-electron chi connectivity index (χ3n) is 2.83. The van der Waals surface area contributed by atoms with Gasteiger partial charge in [-0.2, -0.15) is 0 Å². The Kier molecular flexibility index (Phi) is 3.10. The minimum atomic E-state index is -0.100. The second kappa shape index (κ2) is 4.56. The number of nitrogen functional groups attached to an aromatic ring is 1. The van der Waals surface area contributed by atoms with Gasteiger partial charge in [0.05, 0.1) is 0 Å². The number of nitrogens with two attached hydrogens (primary N) is 1. The summed E-state index contributed by atoms with van der Waals surface area (Å²) in [4.78, 5) is 16.7. The molecule has 4 heteroatoms. The number of H-pyrrole nitrogens is 1. The molecule has 1 amide bonds. The highest BCUT2D eigenvalue weighted by Gasteiger charge is 2.15. The fourth-order valence-corrected chi connectivity index (χ4v) is 1.98. The number of carbonyl (C=O) groups excluding carboxylic acids is 1. The Morgan fingerprint density at radius 2 is 1.78 bits per heavy atom. The van der Waals surface area contributed by atoms with Crippen LogP contribution in [-0.2, 0) is 0 Å². The summed E-state index contributed by atoms with van der Waals surface area (Å²) < 4.78 is 0. The van der Waals surface area contributed by atoms with Crippen LogP contribution in [0.3, 0.4) is 0 Å². The molecule has 0 aliphatic heterocycles. The molecular weight excluding hydrogens is 226 g/mol. The first-order valence-corrected chi connectivity index (χ1v) is 5.77. The normalized spacial score (nSPS) is 10.4. The third-order valence-corrected chi connectivity index (χ3v) is 2.83. The Labute approximate surface area is 106 Å². The average molecular weight is 243 g/mol. The molecule has 3 N–H and O–H groups in total. The summed E-state index contributed by atoms with van der Waals surface area (Å²) in [6.45, 7) is 4.03. The van der Waals surface area contributed by atoms with Gasteiger partial charge >= 0.3 is 0 Å². The van der Waals surface area contributed by atoms with E-state index in [1.807, 2.05) is 26.0 Å². The van der Waals surface area contributed by atoms with Crippen molar-refractivity contribution in [3.8, 4) is 0 Å². The number of nitrogens with one attached hydrogen (secondary N) is 1. The molecule has 0 fully saturated rings. The Morgan fingerprint density at radius 3 is 2.28 bits per heavy atom. The van der Waals surface area contributed by atoms with Crippen LogP contribution in [0.2, 0.25) is 0 Å². The molecule has 0 saturated heterocycles. The zero-order chi connectivity index (χ0) is 13.3. The quantitative estimate of drug-likeness (QED) is 0.851. The van der Waals surface area contributed by atoms with Crippen LogP contribution in [0.25, 0.3) is 0 Å². The predicted octanol–water partition coefficient (Wildman–Crippen LogP) is 2.49. The Balaban J connectivity index is 2.30. The van der Waals surface area contributed by atoms with Crippen LogP contribution in [0.5, 0.6) is 0 Å². The number of benzene rings is 1. The SMILES string of the molecule is Cc1cc(C)cc(N(C)C(=O)c2cc(N)c[nH]2)c1. The van der Waals surface area contributed by atoms with E-state index in [2.05, 4.69) is 11.1 Å². The summed E-state index contributed by atoms with van der Waals surface area (Å²) in [6, 6.07) is 7.68. The van der Waals surface area contributed by atoms with E-state index in [0.29, 0.717) is 11.4 Å². The van der Waals surface area contributed by atoms with Crippen LogP contribution in [0.15, 0.2) is 30.5 Å². The number of amides is 1. The van der Waals surface area contributed by atoms with Gasteiger partial charge in [-0.05, 0) is 43.2 Å². The molecule has 0 spiro atoms. The van der Waals surface area contributed by atoms with Gasteiger partial charge in [-0.25, -0.2) is 0 Å². The first-order valence-electron chi connectivity index (χ1n) is 5.77. The molecule has 1 aromatic heterocycles. The number of carbonyl (C=O) groups is 1. The fourth-order valence-electron chi connectivity index (χ4n) is 1.98. The molecular formula is C14H17N3O. The number of anilines is 2. The molecule has 0 saturated carbocycles. The van der Waals surface area contributed by atoms with Gasteiger partial charge in [0.2, 0.25) is 0 Å². The molecule has 0 bridgehead atoms. The second-order valence-corrected chi connectivity index (χ2v) is 4.56.